The summed E-state index contributed by atoms with van der Waals surface area (Å²) in [5.74, 6) is -2.27. The molecule has 6 heteroatoms. The number of carbonyl (C=O) groups is 1. The van der Waals surface area contributed by atoms with Crippen molar-refractivity contribution in [1.82, 2.24) is 4.90 Å². The molecule has 0 aliphatic carbocycles. The molecule has 0 N–H and O–H groups in total. The standard InChI is InChI=1S/C15H17F2NO3/c16-12-5-4-10(7-13(12)17)15(19)18-8-11(9-18)21-14-3-1-2-6-20-14/h4-5,7,11,14H,1-3,6,8-9H2. The Morgan fingerprint density at radius 1 is 1.24 bits per heavy atom. The summed E-state index contributed by atoms with van der Waals surface area (Å²) in [6.07, 6.45) is 2.82. The van der Waals surface area contributed by atoms with E-state index in [0.29, 0.717) is 13.1 Å². The molecular formula is C15H17F2NO3. The van der Waals surface area contributed by atoms with Gasteiger partial charge in [0.15, 0.2) is 17.9 Å². The smallest absolute Gasteiger partial charge is 0.254 e. The maximum atomic E-state index is 13.1. The van der Waals surface area contributed by atoms with Gasteiger partial charge in [-0.25, -0.2) is 8.78 Å². The van der Waals surface area contributed by atoms with E-state index < -0.39 is 11.6 Å². The van der Waals surface area contributed by atoms with Gasteiger partial charge in [-0.05, 0) is 37.5 Å². The highest BCUT2D eigenvalue weighted by Gasteiger charge is 2.34. The van der Waals surface area contributed by atoms with Crippen LogP contribution in [0.3, 0.4) is 0 Å². The first kappa shape index (κ1) is 14.4. The fourth-order valence-corrected chi connectivity index (χ4v) is 2.53. The van der Waals surface area contributed by atoms with Gasteiger partial charge in [0.05, 0.1) is 6.10 Å². The third-order valence-corrected chi connectivity index (χ3v) is 3.78. The summed E-state index contributed by atoms with van der Waals surface area (Å²) in [5, 5.41) is 0. The van der Waals surface area contributed by atoms with E-state index in [9.17, 15) is 13.6 Å². The van der Waals surface area contributed by atoms with E-state index in [0.717, 1.165) is 38.0 Å². The highest BCUT2D eigenvalue weighted by Crippen LogP contribution is 2.22. The third kappa shape index (κ3) is 3.22. The summed E-state index contributed by atoms with van der Waals surface area (Å²) < 4.78 is 37.2. The molecule has 1 unspecified atom stereocenters. The molecule has 2 fully saturated rings. The lowest BCUT2D eigenvalue weighted by Gasteiger charge is -2.41. The van der Waals surface area contributed by atoms with Gasteiger partial charge in [0.25, 0.3) is 5.91 Å². The molecule has 0 radical (unpaired) electrons. The molecule has 0 aromatic heterocycles. The van der Waals surface area contributed by atoms with Crippen molar-refractivity contribution in [2.24, 2.45) is 0 Å². The number of hydrogen-bond donors (Lipinski definition) is 0. The number of benzene rings is 1. The van der Waals surface area contributed by atoms with Crippen LogP contribution in [0.4, 0.5) is 8.78 Å². The first-order chi connectivity index (χ1) is 10.1. The minimum atomic E-state index is -1.01. The first-order valence-electron chi connectivity index (χ1n) is 7.15. The van der Waals surface area contributed by atoms with Crippen molar-refractivity contribution >= 4 is 5.91 Å². The van der Waals surface area contributed by atoms with Crippen LogP contribution in [0.15, 0.2) is 18.2 Å². The molecule has 4 nitrogen and oxygen atoms in total. The quantitative estimate of drug-likeness (QED) is 0.859. The molecule has 1 aromatic carbocycles. The van der Waals surface area contributed by atoms with Crippen molar-refractivity contribution in [3.8, 4) is 0 Å². The fraction of sp³-hybridized carbons (Fsp3) is 0.533. The summed E-state index contributed by atoms with van der Waals surface area (Å²) in [6.45, 7) is 1.63. The molecule has 21 heavy (non-hydrogen) atoms. The molecule has 2 saturated heterocycles. The van der Waals surface area contributed by atoms with Crippen LogP contribution in [0.25, 0.3) is 0 Å². The van der Waals surface area contributed by atoms with Crippen LogP contribution in [0.1, 0.15) is 29.6 Å². The van der Waals surface area contributed by atoms with Crippen LogP contribution >= 0.6 is 0 Å². The maximum absolute atomic E-state index is 13.1. The topological polar surface area (TPSA) is 38.8 Å². The van der Waals surface area contributed by atoms with E-state index in [1.807, 2.05) is 0 Å². The summed E-state index contributed by atoms with van der Waals surface area (Å²) in [4.78, 5) is 13.6. The summed E-state index contributed by atoms with van der Waals surface area (Å²) in [7, 11) is 0. The van der Waals surface area contributed by atoms with Crippen molar-refractivity contribution < 1.29 is 23.0 Å². The number of hydrogen-bond acceptors (Lipinski definition) is 3. The Hall–Kier alpha value is -1.53. The van der Waals surface area contributed by atoms with E-state index in [1.165, 1.54) is 6.07 Å². The minimum Gasteiger partial charge on any atom is -0.353 e. The molecular weight excluding hydrogens is 280 g/mol. The Bertz CT molecular complexity index is 526. The molecule has 3 rings (SSSR count). The second-order valence-electron chi connectivity index (χ2n) is 5.39. The van der Waals surface area contributed by atoms with E-state index in [4.69, 9.17) is 9.47 Å². The second kappa shape index (κ2) is 6.07. The number of carbonyl (C=O) groups excluding carboxylic acids is 1. The van der Waals surface area contributed by atoms with Gasteiger partial charge in [0, 0.05) is 25.3 Å². The van der Waals surface area contributed by atoms with E-state index in [-0.39, 0.29) is 23.9 Å². The molecule has 114 valence electrons. The predicted octanol–water partition coefficient (Wildman–Crippen LogP) is 2.33. The molecule has 0 bridgehead atoms. The van der Waals surface area contributed by atoms with Crippen molar-refractivity contribution in [3.63, 3.8) is 0 Å². The van der Waals surface area contributed by atoms with Gasteiger partial charge in [-0.2, -0.15) is 0 Å². The molecule has 1 amide bonds. The minimum absolute atomic E-state index is 0.0395. The summed E-state index contributed by atoms with van der Waals surface area (Å²) >= 11 is 0. The highest BCUT2D eigenvalue weighted by molar-refractivity contribution is 5.94. The zero-order chi connectivity index (χ0) is 14.8. The summed E-state index contributed by atoms with van der Waals surface area (Å²) in [5.41, 5.74) is 0.154. The number of halogens is 2. The Morgan fingerprint density at radius 2 is 2.05 bits per heavy atom. The van der Waals surface area contributed by atoms with Crippen molar-refractivity contribution in [3.05, 3.63) is 35.4 Å². The first-order valence-corrected chi connectivity index (χ1v) is 7.15. The van der Waals surface area contributed by atoms with Crippen LogP contribution < -0.4 is 0 Å². The molecule has 1 atom stereocenters. The average Bonchev–Trinajstić information content (AvgIpc) is 2.46. The van der Waals surface area contributed by atoms with Crippen molar-refractivity contribution in [1.29, 1.82) is 0 Å². The van der Waals surface area contributed by atoms with Gasteiger partial charge in [0.1, 0.15) is 0 Å². The maximum Gasteiger partial charge on any atom is 0.254 e. The predicted molar refractivity (Wildman–Crippen MR) is 70.7 cm³/mol. The molecule has 2 heterocycles. The number of nitrogens with zero attached hydrogens (tertiary/aromatic N) is 1. The second-order valence-corrected chi connectivity index (χ2v) is 5.39. The number of amides is 1. The highest BCUT2D eigenvalue weighted by atomic mass is 19.2. The Morgan fingerprint density at radius 3 is 2.71 bits per heavy atom. The number of rotatable bonds is 3. The van der Waals surface area contributed by atoms with Gasteiger partial charge in [0.2, 0.25) is 0 Å². The van der Waals surface area contributed by atoms with Crippen molar-refractivity contribution in [2.45, 2.75) is 31.7 Å². The zero-order valence-corrected chi connectivity index (χ0v) is 11.6. The van der Waals surface area contributed by atoms with Gasteiger partial charge in [-0.15, -0.1) is 0 Å². The number of likely N-dealkylation sites (tertiary alicyclic amines) is 1. The fourth-order valence-electron chi connectivity index (χ4n) is 2.53. The Labute approximate surface area is 121 Å². The largest absolute Gasteiger partial charge is 0.353 e. The normalized spacial score (nSPS) is 23.0. The van der Waals surface area contributed by atoms with E-state index >= 15 is 0 Å². The van der Waals surface area contributed by atoms with Gasteiger partial charge in [-0.3, -0.25) is 4.79 Å². The van der Waals surface area contributed by atoms with Gasteiger partial charge >= 0.3 is 0 Å². The monoisotopic (exact) mass is 297 g/mol. The zero-order valence-electron chi connectivity index (χ0n) is 11.6. The molecule has 0 saturated carbocycles. The molecule has 2 aliphatic heterocycles. The lowest BCUT2D eigenvalue weighted by molar-refractivity contribution is -0.208. The summed E-state index contributed by atoms with van der Waals surface area (Å²) in [6, 6.07) is 3.18. The van der Waals surface area contributed by atoms with Gasteiger partial charge in [-0.1, -0.05) is 0 Å². The molecule has 0 spiro atoms. The molecule has 1 aromatic rings. The van der Waals surface area contributed by atoms with E-state index in [1.54, 1.807) is 4.90 Å². The molecule has 2 aliphatic rings. The lowest BCUT2D eigenvalue weighted by Crippen LogP contribution is -2.56. The van der Waals surface area contributed by atoms with Crippen LogP contribution in [-0.4, -0.2) is 42.9 Å². The number of ether oxygens (including phenoxy) is 2. The van der Waals surface area contributed by atoms with Gasteiger partial charge < -0.3 is 14.4 Å². The van der Waals surface area contributed by atoms with Crippen LogP contribution in [0.5, 0.6) is 0 Å². The van der Waals surface area contributed by atoms with Crippen LogP contribution in [0, 0.1) is 11.6 Å². The van der Waals surface area contributed by atoms with E-state index in [2.05, 4.69) is 0 Å². The average molecular weight is 297 g/mol. The van der Waals surface area contributed by atoms with Crippen LogP contribution in [0.2, 0.25) is 0 Å². The Kier molecular flexibility index (Phi) is 4.17. The lowest BCUT2D eigenvalue weighted by atomic mass is 10.1. The Balaban J connectivity index is 1.50. The van der Waals surface area contributed by atoms with Crippen molar-refractivity contribution in [2.75, 3.05) is 19.7 Å². The van der Waals surface area contributed by atoms with Crippen LogP contribution in [-0.2, 0) is 9.47 Å². The third-order valence-electron chi connectivity index (χ3n) is 3.78. The SMILES string of the molecule is O=C(c1ccc(F)c(F)c1)N1CC(OC2CCCCO2)C1.